The van der Waals surface area contributed by atoms with Gasteiger partial charge in [0.15, 0.2) is 0 Å². The van der Waals surface area contributed by atoms with Crippen LogP contribution < -0.4 is 15.4 Å². The van der Waals surface area contributed by atoms with Gasteiger partial charge in [-0.2, -0.15) is 5.10 Å². The molecule has 1 saturated heterocycles. The van der Waals surface area contributed by atoms with Crippen molar-refractivity contribution in [2.75, 3.05) is 30.8 Å². The van der Waals surface area contributed by atoms with Gasteiger partial charge in [0.05, 0.1) is 25.8 Å². The summed E-state index contributed by atoms with van der Waals surface area (Å²) in [6.07, 6.45) is 3.63. The van der Waals surface area contributed by atoms with E-state index in [1.165, 1.54) is 0 Å². The van der Waals surface area contributed by atoms with Crippen LogP contribution in [-0.4, -0.2) is 46.8 Å². The molecule has 0 unspecified atom stereocenters. The number of rotatable bonds is 6. The molecule has 0 aliphatic carbocycles. The van der Waals surface area contributed by atoms with Crippen molar-refractivity contribution in [1.29, 1.82) is 0 Å². The van der Waals surface area contributed by atoms with Crippen LogP contribution in [0.1, 0.15) is 30.0 Å². The van der Waals surface area contributed by atoms with Crippen molar-refractivity contribution in [1.82, 2.24) is 14.7 Å². The van der Waals surface area contributed by atoms with Crippen LogP contribution in [0.4, 0.5) is 16.3 Å². The van der Waals surface area contributed by atoms with Crippen LogP contribution in [0.3, 0.4) is 0 Å². The summed E-state index contributed by atoms with van der Waals surface area (Å²) in [7, 11) is 1.63. The first kappa shape index (κ1) is 22.4. The molecule has 8 nitrogen and oxygen atoms in total. The third-order valence-electron chi connectivity index (χ3n) is 5.98. The number of nitrogens with one attached hydrogen (secondary N) is 2. The van der Waals surface area contributed by atoms with E-state index in [2.05, 4.69) is 15.7 Å². The molecule has 1 fully saturated rings. The molecule has 8 heteroatoms. The number of benzene rings is 2. The van der Waals surface area contributed by atoms with Gasteiger partial charge in [-0.25, -0.2) is 9.48 Å². The Morgan fingerprint density at radius 2 is 1.76 bits per heavy atom. The Labute approximate surface area is 193 Å². The van der Waals surface area contributed by atoms with Crippen LogP contribution in [-0.2, 0) is 11.2 Å². The highest BCUT2D eigenvalue weighted by molar-refractivity contribution is 5.99. The molecule has 0 atom stereocenters. The first-order chi connectivity index (χ1) is 16.0. The number of hydrogen-bond donors (Lipinski definition) is 2. The Balaban J connectivity index is 1.31. The summed E-state index contributed by atoms with van der Waals surface area (Å²) < 4.78 is 7.02. The predicted octanol–water partition coefficient (Wildman–Crippen LogP) is 4.25. The maximum absolute atomic E-state index is 12.7. The standard InChI is InChI=1S/C25H29N5O3/c1-18-5-3-4-6-22(18)27-25(32)28-23-11-14-26-30(23)20-12-15-29(16-13-20)24(31)17-19-7-9-21(33-2)10-8-19/h3-11,14,20H,12-13,15-17H2,1-2H3,(H2,27,28,32). The number of amides is 3. The molecule has 3 aromatic rings. The fourth-order valence-corrected chi connectivity index (χ4v) is 4.08. The quantitative estimate of drug-likeness (QED) is 0.591. The molecular weight excluding hydrogens is 418 g/mol. The Morgan fingerprint density at radius 1 is 1.03 bits per heavy atom. The minimum Gasteiger partial charge on any atom is -0.497 e. The molecule has 3 amide bonds. The maximum Gasteiger partial charge on any atom is 0.324 e. The number of urea groups is 1. The van der Waals surface area contributed by atoms with Crippen molar-refractivity contribution in [3.05, 3.63) is 71.9 Å². The van der Waals surface area contributed by atoms with Gasteiger partial charge in [-0.05, 0) is 49.1 Å². The Morgan fingerprint density at radius 3 is 2.45 bits per heavy atom. The molecule has 33 heavy (non-hydrogen) atoms. The number of hydrogen-bond acceptors (Lipinski definition) is 4. The number of anilines is 2. The van der Waals surface area contributed by atoms with Crippen molar-refractivity contribution in [3.63, 3.8) is 0 Å². The van der Waals surface area contributed by atoms with E-state index in [1.54, 1.807) is 19.4 Å². The first-order valence-electron chi connectivity index (χ1n) is 11.1. The Bertz CT molecular complexity index is 1100. The fraction of sp³-hybridized carbons (Fsp3) is 0.320. The van der Waals surface area contributed by atoms with Crippen molar-refractivity contribution in [2.24, 2.45) is 0 Å². The SMILES string of the molecule is COc1ccc(CC(=O)N2CCC(n3nccc3NC(=O)Nc3ccccc3C)CC2)cc1. The monoisotopic (exact) mass is 447 g/mol. The lowest BCUT2D eigenvalue weighted by molar-refractivity contribution is -0.131. The highest BCUT2D eigenvalue weighted by Gasteiger charge is 2.26. The number of piperidine rings is 1. The number of nitrogens with zero attached hydrogens (tertiary/aromatic N) is 3. The van der Waals surface area contributed by atoms with Gasteiger partial charge in [-0.1, -0.05) is 30.3 Å². The molecule has 0 bridgehead atoms. The summed E-state index contributed by atoms with van der Waals surface area (Å²) in [6.45, 7) is 3.27. The number of para-hydroxylation sites is 1. The second kappa shape index (κ2) is 10.2. The summed E-state index contributed by atoms with van der Waals surface area (Å²) in [5.41, 5.74) is 2.73. The van der Waals surface area contributed by atoms with E-state index in [-0.39, 0.29) is 18.0 Å². The van der Waals surface area contributed by atoms with Gasteiger partial charge in [0, 0.05) is 24.8 Å². The van der Waals surface area contributed by atoms with Crippen molar-refractivity contribution in [2.45, 2.75) is 32.2 Å². The summed E-state index contributed by atoms with van der Waals surface area (Å²) in [5.74, 6) is 1.54. The second-order valence-corrected chi connectivity index (χ2v) is 8.19. The highest BCUT2D eigenvalue weighted by atomic mass is 16.5. The molecular formula is C25H29N5O3. The third kappa shape index (κ3) is 5.52. The number of carbonyl (C=O) groups is 2. The Hall–Kier alpha value is -3.81. The van der Waals surface area contributed by atoms with E-state index in [9.17, 15) is 9.59 Å². The van der Waals surface area contributed by atoms with Crippen molar-refractivity contribution < 1.29 is 14.3 Å². The predicted molar refractivity (Wildman–Crippen MR) is 128 cm³/mol. The van der Waals surface area contributed by atoms with E-state index in [1.807, 2.05) is 65.0 Å². The van der Waals surface area contributed by atoms with Crippen LogP contribution in [0.15, 0.2) is 60.8 Å². The number of ether oxygens (including phenoxy) is 1. The van der Waals surface area contributed by atoms with E-state index in [0.29, 0.717) is 25.3 Å². The number of carbonyl (C=O) groups excluding carboxylic acids is 2. The molecule has 1 aromatic heterocycles. The van der Waals surface area contributed by atoms with E-state index >= 15 is 0 Å². The van der Waals surface area contributed by atoms with Crippen LogP contribution in [0, 0.1) is 6.92 Å². The van der Waals surface area contributed by atoms with Crippen LogP contribution >= 0.6 is 0 Å². The van der Waals surface area contributed by atoms with Gasteiger partial charge in [0.1, 0.15) is 11.6 Å². The summed E-state index contributed by atoms with van der Waals surface area (Å²) in [5, 5.41) is 10.2. The summed E-state index contributed by atoms with van der Waals surface area (Å²) in [6, 6.07) is 16.8. The Kier molecular flexibility index (Phi) is 6.92. The lowest BCUT2D eigenvalue weighted by atomic mass is 10.0. The van der Waals surface area contributed by atoms with Crippen LogP contribution in [0.5, 0.6) is 5.75 Å². The van der Waals surface area contributed by atoms with Gasteiger partial charge in [0.2, 0.25) is 5.91 Å². The van der Waals surface area contributed by atoms with Gasteiger partial charge < -0.3 is 15.0 Å². The summed E-state index contributed by atoms with van der Waals surface area (Å²) >= 11 is 0. The normalized spacial score (nSPS) is 14.1. The molecule has 1 aliphatic heterocycles. The smallest absolute Gasteiger partial charge is 0.324 e. The largest absolute Gasteiger partial charge is 0.497 e. The first-order valence-corrected chi connectivity index (χ1v) is 11.1. The number of likely N-dealkylation sites (tertiary alicyclic amines) is 1. The molecule has 2 aromatic carbocycles. The minimum absolute atomic E-state index is 0.120. The van der Waals surface area contributed by atoms with Gasteiger partial charge in [-0.15, -0.1) is 0 Å². The van der Waals surface area contributed by atoms with E-state index < -0.39 is 0 Å². The van der Waals surface area contributed by atoms with Gasteiger partial charge in [0.25, 0.3) is 0 Å². The number of aryl methyl sites for hydroxylation is 1. The van der Waals surface area contributed by atoms with E-state index in [0.717, 1.165) is 35.4 Å². The van der Waals surface area contributed by atoms with Crippen molar-refractivity contribution in [3.8, 4) is 5.75 Å². The third-order valence-corrected chi connectivity index (χ3v) is 5.98. The summed E-state index contributed by atoms with van der Waals surface area (Å²) in [4.78, 5) is 27.1. The fourth-order valence-electron chi connectivity index (χ4n) is 4.08. The zero-order valence-corrected chi connectivity index (χ0v) is 19.0. The maximum atomic E-state index is 12.7. The molecule has 172 valence electrons. The van der Waals surface area contributed by atoms with Crippen LogP contribution in [0.25, 0.3) is 0 Å². The zero-order chi connectivity index (χ0) is 23.2. The molecule has 0 saturated carbocycles. The molecule has 2 N–H and O–H groups in total. The lowest BCUT2D eigenvalue weighted by Gasteiger charge is -2.33. The van der Waals surface area contributed by atoms with Crippen LogP contribution in [0.2, 0.25) is 0 Å². The molecule has 2 heterocycles. The van der Waals surface area contributed by atoms with Gasteiger partial charge in [-0.3, -0.25) is 10.1 Å². The highest BCUT2D eigenvalue weighted by Crippen LogP contribution is 2.26. The second-order valence-electron chi connectivity index (χ2n) is 8.19. The number of methoxy groups -OCH3 is 1. The lowest BCUT2D eigenvalue weighted by Crippen LogP contribution is -2.40. The average molecular weight is 448 g/mol. The molecule has 4 rings (SSSR count). The minimum atomic E-state index is -0.307. The zero-order valence-electron chi connectivity index (χ0n) is 19.0. The van der Waals surface area contributed by atoms with E-state index in [4.69, 9.17) is 4.74 Å². The average Bonchev–Trinajstić information content (AvgIpc) is 3.29. The van der Waals surface area contributed by atoms with Gasteiger partial charge >= 0.3 is 6.03 Å². The van der Waals surface area contributed by atoms with Crippen molar-refractivity contribution >= 4 is 23.4 Å². The molecule has 0 radical (unpaired) electrons. The number of aromatic nitrogens is 2. The molecule has 1 aliphatic rings. The topological polar surface area (TPSA) is 88.5 Å². The molecule has 0 spiro atoms.